The van der Waals surface area contributed by atoms with Gasteiger partial charge in [-0.3, -0.25) is 19.6 Å². The summed E-state index contributed by atoms with van der Waals surface area (Å²) in [6, 6.07) is 18.7. The third-order valence-electron chi connectivity index (χ3n) is 6.58. The highest BCUT2D eigenvalue weighted by Crippen LogP contribution is 2.23. The van der Waals surface area contributed by atoms with E-state index < -0.39 is 0 Å². The van der Waals surface area contributed by atoms with E-state index in [0.717, 1.165) is 50.0 Å². The number of para-hydroxylation sites is 1. The lowest BCUT2D eigenvalue weighted by atomic mass is 9.99. The van der Waals surface area contributed by atoms with E-state index in [0.29, 0.717) is 18.3 Å². The minimum Gasteiger partial charge on any atom is -0.481 e. The number of hydrogen-bond donors (Lipinski definition) is 1. The molecular formula is C26H30N4O2. The standard InChI is InChI=1S/C26H30N4O2/c31-25(19-32-24-10-3-8-21-9-4-12-27-26(21)24)28-16-23(30-13-5-14-30)18-29-15-11-20-6-1-2-7-22(20)17-29/h1-4,6-10,12,23H,5,11,13-19H2,(H,28,31). The molecule has 166 valence electrons. The Labute approximate surface area is 189 Å². The van der Waals surface area contributed by atoms with Crippen LogP contribution in [0.2, 0.25) is 0 Å². The summed E-state index contributed by atoms with van der Waals surface area (Å²) >= 11 is 0. The van der Waals surface area contributed by atoms with Crippen molar-refractivity contribution in [2.24, 2.45) is 0 Å². The van der Waals surface area contributed by atoms with Gasteiger partial charge in [-0.15, -0.1) is 0 Å². The number of aromatic nitrogens is 1. The number of amides is 1. The zero-order valence-corrected chi connectivity index (χ0v) is 18.4. The van der Waals surface area contributed by atoms with Crippen molar-refractivity contribution in [2.75, 3.05) is 39.3 Å². The van der Waals surface area contributed by atoms with Gasteiger partial charge in [0.2, 0.25) is 0 Å². The normalized spacial score (nSPS) is 17.4. The van der Waals surface area contributed by atoms with E-state index in [-0.39, 0.29) is 12.5 Å². The van der Waals surface area contributed by atoms with Gasteiger partial charge in [0, 0.05) is 43.8 Å². The van der Waals surface area contributed by atoms with Crippen LogP contribution in [0.5, 0.6) is 5.75 Å². The van der Waals surface area contributed by atoms with Gasteiger partial charge in [0.1, 0.15) is 11.3 Å². The number of ether oxygens (including phenoxy) is 1. The van der Waals surface area contributed by atoms with E-state index in [2.05, 4.69) is 44.4 Å². The van der Waals surface area contributed by atoms with Gasteiger partial charge >= 0.3 is 0 Å². The summed E-state index contributed by atoms with van der Waals surface area (Å²) < 4.78 is 5.80. The van der Waals surface area contributed by atoms with Crippen molar-refractivity contribution in [1.29, 1.82) is 0 Å². The first-order chi connectivity index (χ1) is 15.8. The van der Waals surface area contributed by atoms with Gasteiger partial charge in [-0.05, 0) is 49.2 Å². The maximum Gasteiger partial charge on any atom is 0.257 e. The Morgan fingerprint density at radius 1 is 1.03 bits per heavy atom. The smallest absolute Gasteiger partial charge is 0.257 e. The first-order valence-corrected chi connectivity index (χ1v) is 11.5. The lowest BCUT2D eigenvalue weighted by Gasteiger charge is -2.41. The first kappa shape index (κ1) is 20.9. The van der Waals surface area contributed by atoms with Crippen molar-refractivity contribution in [3.63, 3.8) is 0 Å². The van der Waals surface area contributed by atoms with Crippen molar-refractivity contribution in [3.05, 3.63) is 71.9 Å². The summed E-state index contributed by atoms with van der Waals surface area (Å²) in [6.07, 6.45) is 4.08. The van der Waals surface area contributed by atoms with Crippen LogP contribution < -0.4 is 10.1 Å². The number of nitrogens with one attached hydrogen (secondary N) is 1. The van der Waals surface area contributed by atoms with E-state index in [1.165, 1.54) is 17.5 Å². The van der Waals surface area contributed by atoms with Gasteiger partial charge in [-0.2, -0.15) is 0 Å². The SMILES string of the molecule is O=C(COc1cccc2cccnc12)NCC(CN1CCc2ccccc2C1)N1CCC1. The lowest BCUT2D eigenvalue weighted by Crippen LogP contribution is -2.55. The second kappa shape index (κ2) is 9.67. The number of nitrogens with zero attached hydrogens (tertiary/aromatic N) is 3. The van der Waals surface area contributed by atoms with Crippen molar-refractivity contribution in [3.8, 4) is 5.75 Å². The van der Waals surface area contributed by atoms with Gasteiger partial charge in [0.25, 0.3) is 5.91 Å². The molecule has 3 aromatic rings. The third-order valence-corrected chi connectivity index (χ3v) is 6.58. The summed E-state index contributed by atoms with van der Waals surface area (Å²) in [6.45, 7) is 5.92. The van der Waals surface area contributed by atoms with E-state index in [1.807, 2.05) is 30.3 Å². The van der Waals surface area contributed by atoms with Crippen LogP contribution in [-0.2, 0) is 17.8 Å². The molecule has 1 unspecified atom stereocenters. The predicted molar refractivity (Wildman–Crippen MR) is 126 cm³/mol. The molecule has 0 radical (unpaired) electrons. The fraction of sp³-hybridized carbons (Fsp3) is 0.385. The van der Waals surface area contributed by atoms with E-state index in [4.69, 9.17) is 4.74 Å². The fourth-order valence-electron chi connectivity index (χ4n) is 4.64. The maximum absolute atomic E-state index is 12.6. The topological polar surface area (TPSA) is 57.7 Å². The van der Waals surface area contributed by atoms with Gasteiger partial charge < -0.3 is 10.1 Å². The van der Waals surface area contributed by atoms with Gasteiger partial charge in [0.15, 0.2) is 6.61 Å². The highest BCUT2D eigenvalue weighted by atomic mass is 16.5. The second-order valence-corrected chi connectivity index (χ2v) is 8.72. The van der Waals surface area contributed by atoms with Crippen LogP contribution in [0.1, 0.15) is 17.5 Å². The Morgan fingerprint density at radius 2 is 1.88 bits per heavy atom. The highest BCUT2D eigenvalue weighted by molar-refractivity contribution is 5.85. The number of rotatable bonds is 8. The van der Waals surface area contributed by atoms with E-state index >= 15 is 0 Å². The largest absolute Gasteiger partial charge is 0.481 e. The second-order valence-electron chi connectivity index (χ2n) is 8.72. The Bertz CT molecular complexity index is 1080. The predicted octanol–water partition coefficient (Wildman–Crippen LogP) is 2.86. The monoisotopic (exact) mass is 430 g/mol. The molecule has 1 aromatic heterocycles. The molecule has 0 spiro atoms. The molecule has 6 nitrogen and oxygen atoms in total. The summed E-state index contributed by atoms with van der Waals surface area (Å²) in [5.74, 6) is 0.553. The number of pyridine rings is 1. The van der Waals surface area contributed by atoms with E-state index in [9.17, 15) is 4.79 Å². The zero-order valence-electron chi connectivity index (χ0n) is 18.4. The molecule has 1 N–H and O–H groups in total. The van der Waals surface area contributed by atoms with Crippen molar-refractivity contribution in [2.45, 2.75) is 25.4 Å². The Kier molecular flexibility index (Phi) is 6.32. The third kappa shape index (κ3) is 4.76. The molecule has 3 heterocycles. The molecule has 1 saturated heterocycles. The Balaban J connectivity index is 1.15. The van der Waals surface area contributed by atoms with Crippen LogP contribution in [0.15, 0.2) is 60.8 Å². The highest BCUT2D eigenvalue weighted by Gasteiger charge is 2.27. The van der Waals surface area contributed by atoms with Crippen LogP contribution in [0.3, 0.4) is 0 Å². The molecule has 1 amide bonds. The summed E-state index contributed by atoms with van der Waals surface area (Å²) in [5, 5.41) is 4.11. The molecule has 5 rings (SSSR count). The van der Waals surface area contributed by atoms with E-state index in [1.54, 1.807) is 6.20 Å². The number of likely N-dealkylation sites (tertiary alicyclic amines) is 1. The quantitative estimate of drug-likeness (QED) is 0.596. The molecule has 0 bridgehead atoms. The zero-order chi connectivity index (χ0) is 21.8. The minimum absolute atomic E-state index is 0.000499. The molecule has 6 heteroatoms. The van der Waals surface area contributed by atoms with Gasteiger partial charge in [0.05, 0.1) is 0 Å². The Hall–Kier alpha value is -2.96. The maximum atomic E-state index is 12.6. The summed E-state index contributed by atoms with van der Waals surface area (Å²) in [5.41, 5.74) is 3.69. The van der Waals surface area contributed by atoms with Crippen LogP contribution >= 0.6 is 0 Å². The summed E-state index contributed by atoms with van der Waals surface area (Å²) in [7, 11) is 0. The van der Waals surface area contributed by atoms with Gasteiger partial charge in [-0.1, -0.05) is 42.5 Å². The molecular weight excluding hydrogens is 400 g/mol. The van der Waals surface area contributed by atoms with Crippen molar-refractivity contribution < 1.29 is 9.53 Å². The Morgan fingerprint density at radius 3 is 2.72 bits per heavy atom. The minimum atomic E-state index is -0.0903. The van der Waals surface area contributed by atoms with Crippen LogP contribution in [0.4, 0.5) is 0 Å². The number of fused-ring (bicyclic) bond motifs is 2. The molecule has 1 fully saturated rings. The van der Waals surface area contributed by atoms with Crippen LogP contribution in [0, 0.1) is 0 Å². The van der Waals surface area contributed by atoms with Crippen LogP contribution in [-0.4, -0.2) is 66.1 Å². The number of carbonyl (C=O) groups is 1. The number of carbonyl (C=O) groups excluding carboxylic acids is 1. The molecule has 2 aliphatic rings. The van der Waals surface area contributed by atoms with Gasteiger partial charge in [-0.25, -0.2) is 0 Å². The molecule has 2 aliphatic heterocycles. The lowest BCUT2D eigenvalue weighted by molar-refractivity contribution is -0.123. The number of hydrogen-bond acceptors (Lipinski definition) is 5. The fourth-order valence-corrected chi connectivity index (χ4v) is 4.64. The molecule has 1 atom stereocenters. The van der Waals surface area contributed by atoms with Crippen LogP contribution in [0.25, 0.3) is 10.9 Å². The number of benzene rings is 2. The average molecular weight is 431 g/mol. The van der Waals surface area contributed by atoms with Crippen molar-refractivity contribution >= 4 is 16.8 Å². The molecule has 32 heavy (non-hydrogen) atoms. The first-order valence-electron chi connectivity index (χ1n) is 11.5. The summed E-state index contributed by atoms with van der Waals surface area (Å²) in [4.78, 5) is 21.9. The molecule has 0 aliphatic carbocycles. The van der Waals surface area contributed by atoms with Crippen molar-refractivity contribution in [1.82, 2.24) is 20.1 Å². The molecule has 2 aromatic carbocycles. The average Bonchev–Trinajstić information content (AvgIpc) is 2.80. The molecule has 0 saturated carbocycles.